The Kier molecular flexibility index (Phi) is 10.1. The topological polar surface area (TPSA) is 108 Å². The Labute approximate surface area is 291 Å². The minimum atomic E-state index is -0.317. The number of likely N-dealkylation sites (tertiary alicyclic amines) is 1. The maximum absolute atomic E-state index is 13.4. The first-order valence-corrected chi connectivity index (χ1v) is 17.7. The standard InChI is InChI=1S/C37H45BrN8O2/c1-25-8-10-31(11-9-25)46-33(22-32(43-46)37(2,3)4)42-36(48)41-30-7-5-6-27(21-30)20-26-12-16-44(17-13-26)34(47)28-14-18-45(19-15-28)35-39-23-29(38)24-40-35/h5-11,21-24,26,28H,12-20H2,1-4H3,(H2,41,42,48). The summed E-state index contributed by atoms with van der Waals surface area (Å²) in [6, 6.07) is 17.8. The van der Waals surface area contributed by atoms with Crippen LogP contribution in [0.2, 0.25) is 0 Å². The molecule has 2 aliphatic heterocycles. The summed E-state index contributed by atoms with van der Waals surface area (Å²) in [6.07, 6.45) is 8.07. The number of piperidine rings is 2. The molecule has 2 aromatic heterocycles. The Bertz CT molecular complexity index is 1720. The van der Waals surface area contributed by atoms with E-state index in [0.717, 1.165) is 91.3 Å². The molecule has 48 heavy (non-hydrogen) atoms. The third-order valence-electron chi connectivity index (χ3n) is 9.37. The molecule has 4 heterocycles. The Morgan fingerprint density at radius 2 is 1.58 bits per heavy atom. The Morgan fingerprint density at radius 1 is 0.896 bits per heavy atom. The average Bonchev–Trinajstić information content (AvgIpc) is 3.50. The van der Waals surface area contributed by atoms with Gasteiger partial charge in [0.1, 0.15) is 5.82 Å². The highest BCUT2D eigenvalue weighted by Gasteiger charge is 2.31. The highest BCUT2D eigenvalue weighted by atomic mass is 79.9. The molecule has 2 fully saturated rings. The maximum Gasteiger partial charge on any atom is 0.324 e. The number of anilines is 3. The van der Waals surface area contributed by atoms with Gasteiger partial charge < -0.3 is 15.1 Å². The lowest BCUT2D eigenvalue weighted by Gasteiger charge is -2.37. The number of urea groups is 1. The van der Waals surface area contributed by atoms with E-state index < -0.39 is 0 Å². The number of benzene rings is 2. The lowest BCUT2D eigenvalue weighted by atomic mass is 9.88. The zero-order chi connectivity index (χ0) is 33.8. The zero-order valence-corrected chi connectivity index (χ0v) is 29.8. The number of nitrogens with one attached hydrogen (secondary N) is 2. The Balaban J connectivity index is 1.00. The van der Waals surface area contributed by atoms with Crippen molar-refractivity contribution in [2.75, 3.05) is 41.7 Å². The quantitative estimate of drug-likeness (QED) is 0.207. The molecule has 2 N–H and O–H groups in total. The number of nitrogens with zero attached hydrogens (tertiary/aromatic N) is 6. The van der Waals surface area contributed by atoms with Crippen molar-refractivity contribution in [3.05, 3.63) is 88.3 Å². The van der Waals surface area contributed by atoms with Crippen LogP contribution in [0, 0.1) is 18.8 Å². The molecule has 0 bridgehead atoms. The third-order valence-corrected chi connectivity index (χ3v) is 9.78. The second-order valence-corrected chi connectivity index (χ2v) is 15.0. The summed E-state index contributed by atoms with van der Waals surface area (Å²) in [5, 5.41) is 10.9. The van der Waals surface area contributed by atoms with Gasteiger partial charge in [-0.2, -0.15) is 5.10 Å². The first-order chi connectivity index (χ1) is 23.0. The summed E-state index contributed by atoms with van der Waals surface area (Å²) in [7, 11) is 0. The number of carbonyl (C=O) groups is 2. The van der Waals surface area contributed by atoms with Crippen molar-refractivity contribution in [2.45, 2.75) is 65.2 Å². The predicted molar refractivity (Wildman–Crippen MR) is 194 cm³/mol. The molecule has 2 aliphatic rings. The molecule has 0 spiro atoms. The molecule has 0 saturated carbocycles. The van der Waals surface area contributed by atoms with Gasteiger partial charge in [0.2, 0.25) is 11.9 Å². The van der Waals surface area contributed by atoms with E-state index in [-0.39, 0.29) is 17.4 Å². The molecule has 2 saturated heterocycles. The Morgan fingerprint density at radius 3 is 2.25 bits per heavy atom. The minimum Gasteiger partial charge on any atom is -0.342 e. The van der Waals surface area contributed by atoms with Crippen LogP contribution < -0.4 is 15.5 Å². The first kappa shape index (κ1) is 33.6. The van der Waals surface area contributed by atoms with Crippen LogP contribution in [0.25, 0.3) is 5.69 Å². The van der Waals surface area contributed by atoms with Crippen LogP contribution in [0.4, 0.5) is 22.2 Å². The molecular weight excluding hydrogens is 668 g/mol. The van der Waals surface area contributed by atoms with Gasteiger partial charge in [0, 0.05) is 61.7 Å². The summed E-state index contributed by atoms with van der Waals surface area (Å²) in [5.74, 6) is 2.19. The van der Waals surface area contributed by atoms with Crippen molar-refractivity contribution in [3.63, 3.8) is 0 Å². The SMILES string of the molecule is Cc1ccc(-n2nc(C(C)(C)C)cc2NC(=O)Nc2cccc(CC3CCN(C(=O)C4CCN(c5ncc(Br)cn5)CC4)CC3)c2)cc1. The van der Waals surface area contributed by atoms with Gasteiger partial charge in [-0.15, -0.1) is 0 Å². The third kappa shape index (κ3) is 8.24. The molecular formula is C37H45BrN8O2. The van der Waals surface area contributed by atoms with Crippen molar-refractivity contribution < 1.29 is 9.59 Å². The van der Waals surface area contributed by atoms with E-state index in [1.807, 2.05) is 49.4 Å². The number of hydrogen-bond acceptors (Lipinski definition) is 6. The second kappa shape index (κ2) is 14.5. The predicted octanol–water partition coefficient (Wildman–Crippen LogP) is 7.37. The largest absolute Gasteiger partial charge is 0.342 e. The van der Waals surface area contributed by atoms with Gasteiger partial charge in [-0.05, 0) is 90.7 Å². The maximum atomic E-state index is 13.4. The molecule has 4 aromatic rings. The second-order valence-electron chi connectivity index (χ2n) is 14.1. The fourth-order valence-electron chi connectivity index (χ4n) is 6.52. The number of aryl methyl sites for hydroxylation is 1. The molecule has 6 rings (SSSR count). The van der Waals surface area contributed by atoms with Crippen LogP contribution in [-0.4, -0.2) is 62.8 Å². The lowest BCUT2D eigenvalue weighted by molar-refractivity contribution is -0.137. The van der Waals surface area contributed by atoms with Gasteiger partial charge in [-0.25, -0.2) is 19.4 Å². The molecule has 0 radical (unpaired) electrons. The zero-order valence-electron chi connectivity index (χ0n) is 28.2. The summed E-state index contributed by atoms with van der Waals surface area (Å²) in [6.45, 7) is 11.6. The van der Waals surface area contributed by atoms with Crippen LogP contribution in [0.5, 0.6) is 0 Å². The molecule has 10 nitrogen and oxygen atoms in total. The van der Waals surface area contributed by atoms with E-state index in [2.05, 4.69) is 79.2 Å². The van der Waals surface area contributed by atoms with E-state index >= 15 is 0 Å². The van der Waals surface area contributed by atoms with Gasteiger partial charge in [-0.3, -0.25) is 10.1 Å². The smallest absolute Gasteiger partial charge is 0.324 e. The van der Waals surface area contributed by atoms with Gasteiger partial charge in [0.25, 0.3) is 0 Å². The van der Waals surface area contributed by atoms with Gasteiger partial charge in [0.05, 0.1) is 15.9 Å². The van der Waals surface area contributed by atoms with E-state index in [1.54, 1.807) is 17.1 Å². The average molecular weight is 714 g/mol. The normalized spacial score (nSPS) is 16.2. The molecule has 11 heteroatoms. The highest BCUT2D eigenvalue weighted by Crippen LogP contribution is 2.29. The van der Waals surface area contributed by atoms with E-state index in [0.29, 0.717) is 17.6 Å². The van der Waals surface area contributed by atoms with Crippen LogP contribution in [0.3, 0.4) is 0 Å². The fourth-order valence-corrected chi connectivity index (χ4v) is 6.72. The summed E-state index contributed by atoms with van der Waals surface area (Å²) in [5.41, 5.74) is 4.70. The van der Waals surface area contributed by atoms with Crippen LogP contribution in [0.1, 0.15) is 63.3 Å². The number of aromatic nitrogens is 4. The van der Waals surface area contributed by atoms with Crippen LogP contribution in [0.15, 0.2) is 71.5 Å². The van der Waals surface area contributed by atoms with Crippen molar-refractivity contribution >= 4 is 45.3 Å². The number of amides is 3. The van der Waals surface area contributed by atoms with Crippen molar-refractivity contribution in [3.8, 4) is 5.69 Å². The van der Waals surface area contributed by atoms with Crippen molar-refractivity contribution in [1.82, 2.24) is 24.6 Å². The van der Waals surface area contributed by atoms with Crippen LogP contribution in [-0.2, 0) is 16.6 Å². The van der Waals surface area contributed by atoms with E-state index in [9.17, 15) is 9.59 Å². The molecule has 0 unspecified atom stereocenters. The number of hydrogen-bond donors (Lipinski definition) is 2. The lowest BCUT2D eigenvalue weighted by Crippen LogP contribution is -2.46. The van der Waals surface area contributed by atoms with Gasteiger partial charge in [0.15, 0.2) is 0 Å². The van der Waals surface area contributed by atoms with E-state index in [4.69, 9.17) is 5.10 Å². The number of halogens is 1. The number of rotatable bonds is 7. The van der Waals surface area contributed by atoms with Crippen LogP contribution >= 0.6 is 15.9 Å². The Hall–Kier alpha value is -4.25. The summed E-state index contributed by atoms with van der Waals surface area (Å²) < 4.78 is 2.65. The first-order valence-electron chi connectivity index (χ1n) is 16.9. The van der Waals surface area contributed by atoms with Gasteiger partial charge in [-0.1, -0.05) is 50.6 Å². The van der Waals surface area contributed by atoms with Crippen molar-refractivity contribution in [1.29, 1.82) is 0 Å². The number of carbonyl (C=O) groups excluding carboxylic acids is 2. The molecule has 2 aromatic carbocycles. The molecule has 3 amide bonds. The minimum absolute atomic E-state index is 0.0673. The van der Waals surface area contributed by atoms with Gasteiger partial charge >= 0.3 is 6.03 Å². The fraction of sp³-hybridized carbons (Fsp3) is 0.432. The molecule has 0 aliphatic carbocycles. The molecule has 252 valence electrons. The molecule has 0 atom stereocenters. The van der Waals surface area contributed by atoms with Crippen molar-refractivity contribution in [2.24, 2.45) is 11.8 Å². The summed E-state index contributed by atoms with van der Waals surface area (Å²) in [4.78, 5) is 39.6. The monoisotopic (exact) mass is 712 g/mol. The highest BCUT2D eigenvalue weighted by molar-refractivity contribution is 9.10. The van der Waals surface area contributed by atoms with E-state index in [1.165, 1.54) is 5.56 Å². The summed E-state index contributed by atoms with van der Waals surface area (Å²) >= 11 is 3.39.